The van der Waals surface area contributed by atoms with Crippen molar-refractivity contribution >= 4 is 98.3 Å². The van der Waals surface area contributed by atoms with E-state index in [0.717, 1.165) is 55.3 Å². The van der Waals surface area contributed by atoms with E-state index in [1.807, 2.05) is 23.6 Å². The molecule has 0 saturated heterocycles. The summed E-state index contributed by atoms with van der Waals surface area (Å²) in [6, 6.07) is 47.3. The molecule has 53 heavy (non-hydrogen) atoms. The highest BCUT2D eigenvalue weighted by Crippen LogP contribution is 2.41. The summed E-state index contributed by atoms with van der Waals surface area (Å²) in [5, 5.41) is 9.48. The van der Waals surface area contributed by atoms with Crippen LogP contribution in [0.15, 0.2) is 140 Å². The number of thiophene rings is 1. The van der Waals surface area contributed by atoms with E-state index >= 15 is 0 Å². The highest BCUT2D eigenvalue weighted by Gasteiger charge is 2.23. The summed E-state index contributed by atoms with van der Waals surface area (Å²) in [5.74, 6) is 0.632. The van der Waals surface area contributed by atoms with Crippen LogP contribution in [0.25, 0.3) is 110 Å². The molecule has 0 aliphatic carbocycles. The van der Waals surface area contributed by atoms with Gasteiger partial charge in [-0.25, -0.2) is 9.97 Å². The number of aromatic nitrogens is 5. The second-order valence-corrected chi connectivity index (χ2v) is 14.5. The third-order valence-electron chi connectivity index (χ3n) is 10.7. The molecule has 0 unspecified atom stereocenters. The minimum Gasteiger partial charge on any atom is -0.309 e. The Bertz CT molecular complexity index is 3420. The van der Waals surface area contributed by atoms with E-state index in [1.165, 1.54) is 46.9 Å². The van der Waals surface area contributed by atoms with Crippen LogP contribution in [-0.2, 0) is 0 Å². The van der Waals surface area contributed by atoms with E-state index in [4.69, 9.17) is 15.0 Å². The Morgan fingerprint density at radius 3 is 2.11 bits per heavy atom. The molecule has 0 aliphatic rings. The fourth-order valence-electron chi connectivity index (χ4n) is 8.50. The van der Waals surface area contributed by atoms with Gasteiger partial charge in [0.25, 0.3) is 0 Å². The first-order valence-corrected chi connectivity index (χ1v) is 18.8. The maximum Gasteiger partial charge on any atom is 0.235 e. The molecule has 0 bridgehead atoms. The van der Waals surface area contributed by atoms with Crippen LogP contribution >= 0.6 is 11.3 Å². The van der Waals surface area contributed by atoms with Crippen molar-refractivity contribution in [1.29, 1.82) is 0 Å². The van der Waals surface area contributed by atoms with Gasteiger partial charge in [-0.1, -0.05) is 91.0 Å². The monoisotopic (exact) mass is 697 g/mol. The Kier molecular flexibility index (Phi) is 6.48. The van der Waals surface area contributed by atoms with Gasteiger partial charge in [-0.05, 0) is 78.9 Å². The van der Waals surface area contributed by atoms with Crippen molar-refractivity contribution in [2.45, 2.75) is 13.8 Å². The first-order chi connectivity index (χ1) is 26.2. The summed E-state index contributed by atoms with van der Waals surface area (Å²) in [5.41, 5.74) is 9.35. The van der Waals surface area contributed by atoms with E-state index in [9.17, 15) is 0 Å². The molecule has 0 amide bonds. The lowest BCUT2D eigenvalue weighted by atomic mass is 10.0. The fourth-order valence-corrected chi connectivity index (χ4v) is 9.76. The largest absolute Gasteiger partial charge is 0.309 e. The fraction of sp³-hybridized carbons (Fsp3) is 0.0426. The van der Waals surface area contributed by atoms with E-state index in [0.29, 0.717) is 5.95 Å². The second-order valence-electron chi connectivity index (χ2n) is 13.4. The molecule has 5 nitrogen and oxygen atoms in total. The van der Waals surface area contributed by atoms with E-state index in [2.05, 4.69) is 163 Å². The van der Waals surface area contributed by atoms with Crippen LogP contribution in [0.2, 0.25) is 0 Å². The van der Waals surface area contributed by atoms with E-state index in [1.54, 1.807) is 0 Å². The first kappa shape index (κ1) is 30.0. The maximum atomic E-state index is 5.53. The van der Waals surface area contributed by atoms with Gasteiger partial charge in [0, 0.05) is 54.5 Å². The molecule has 11 aromatic rings. The number of para-hydroxylation sites is 3. The van der Waals surface area contributed by atoms with E-state index < -0.39 is 0 Å². The van der Waals surface area contributed by atoms with Gasteiger partial charge in [0.2, 0.25) is 5.95 Å². The van der Waals surface area contributed by atoms with Gasteiger partial charge in [0.1, 0.15) is 0 Å². The number of fused-ring (bicyclic) bond motifs is 11. The average molecular weight is 698 g/mol. The van der Waals surface area contributed by atoms with Crippen LogP contribution in [0.4, 0.5) is 0 Å². The van der Waals surface area contributed by atoms with Gasteiger partial charge in [0.05, 0.1) is 43.5 Å². The molecule has 0 saturated carbocycles. The van der Waals surface area contributed by atoms with E-state index in [-0.39, 0.29) is 0 Å². The van der Waals surface area contributed by atoms with Crippen molar-refractivity contribution in [3.8, 4) is 22.9 Å². The molecule has 0 aliphatic heterocycles. The van der Waals surface area contributed by atoms with Crippen molar-refractivity contribution < 1.29 is 0 Å². The number of pyridine rings is 1. The van der Waals surface area contributed by atoms with Gasteiger partial charge in [-0.3, -0.25) is 9.55 Å². The molecule has 0 fully saturated rings. The summed E-state index contributed by atoms with van der Waals surface area (Å²) in [7, 11) is 0. The van der Waals surface area contributed by atoms with Crippen LogP contribution in [0.3, 0.4) is 0 Å². The Labute approximate surface area is 308 Å². The Morgan fingerprint density at radius 1 is 0.566 bits per heavy atom. The number of rotatable bonds is 3. The standard InChI is InChI=1S/C47H31N5S/c1-3-30-31(4-2)42-44-39(22-14-26-48-44)52(45(42)46-41(30)34-19-10-13-23-40(34)53-46)47-49-36-20-11-8-18-33(36)43(50-47)28-24-25-38-35(27-28)32-17-9-12-21-37(32)51(38)29-15-6-5-7-16-29/h3-27H,1-2H3/b30-3+,31-4+. The molecule has 0 atom stereocenters. The minimum absolute atomic E-state index is 0.632. The second kappa shape index (κ2) is 11.4. The van der Waals surface area contributed by atoms with Gasteiger partial charge in [0.15, 0.2) is 0 Å². The molecule has 0 N–H and O–H groups in total. The molecule has 5 heterocycles. The predicted molar refractivity (Wildman–Crippen MR) is 224 cm³/mol. The lowest BCUT2D eigenvalue weighted by Gasteiger charge is -2.13. The van der Waals surface area contributed by atoms with Gasteiger partial charge < -0.3 is 4.57 Å². The Balaban J connectivity index is 1.26. The molecule has 250 valence electrons. The Hall–Kier alpha value is -6.63. The Morgan fingerprint density at radius 2 is 1.26 bits per heavy atom. The number of nitrogens with zero attached hydrogens (tertiary/aromatic N) is 5. The highest BCUT2D eigenvalue weighted by molar-refractivity contribution is 7.26. The van der Waals surface area contributed by atoms with Crippen LogP contribution in [0, 0.1) is 0 Å². The highest BCUT2D eigenvalue weighted by atomic mass is 32.1. The summed E-state index contributed by atoms with van der Waals surface area (Å²) in [6.07, 6.45) is 6.37. The molecule has 6 aromatic carbocycles. The molecule has 5 aromatic heterocycles. The third kappa shape index (κ3) is 4.21. The first-order valence-electron chi connectivity index (χ1n) is 17.9. The third-order valence-corrected chi connectivity index (χ3v) is 11.9. The van der Waals surface area contributed by atoms with Crippen molar-refractivity contribution in [1.82, 2.24) is 24.1 Å². The van der Waals surface area contributed by atoms with Crippen molar-refractivity contribution in [3.05, 3.63) is 150 Å². The SMILES string of the molecule is C/C=c1\c(=C/C)c2c3ncccc3n(-c3nc(-c4ccc5c(c4)c4ccccc4n5-c4ccccc4)c4ccccc4n3)c2c2sc3ccccc3c12. The lowest BCUT2D eigenvalue weighted by Crippen LogP contribution is -2.25. The quantitative estimate of drug-likeness (QED) is 0.185. The zero-order chi connectivity index (χ0) is 35.2. The summed E-state index contributed by atoms with van der Waals surface area (Å²) < 4.78 is 7.08. The van der Waals surface area contributed by atoms with Crippen molar-refractivity contribution in [2.24, 2.45) is 0 Å². The van der Waals surface area contributed by atoms with Gasteiger partial charge in [-0.15, -0.1) is 11.3 Å². The van der Waals surface area contributed by atoms with Crippen molar-refractivity contribution in [3.63, 3.8) is 0 Å². The number of benzene rings is 6. The molecule has 6 heteroatoms. The van der Waals surface area contributed by atoms with Crippen LogP contribution < -0.4 is 10.4 Å². The summed E-state index contributed by atoms with van der Waals surface area (Å²) in [6.45, 7) is 4.27. The summed E-state index contributed by atoms with van der Waals surface area (Å²) in [4.78, 5) is 15.9. The molecule has 0 radical (unpaired) electrons. The zero-order valence-electron chi connectivity index (χ0n) is 29.1. The smallest absolute Gasteiger partial charge is 0.235 e. The van der Waals surface area contributed by atoms with Gasteiger partial charge in [-0.2, -0.15) is 0 Å². The van der Waals surface area contributed by atoms with Crippen LogP contribution in [0.1, 0.15) is 13.8 Å². The maximum absolute atomic E-state index is 5.53. The molecular formula is C47H31N5S. The number of hydrogen-bond donors (Lipinski definition) is 0. The molecule has 11 rings (SSSR count). The lowest BCUT2D eigenvalue weighted by molar-refractivity contribution is 1.02. The zero-order valence-corrected chi connectivity index (χ0v) is 29.9. The molecule has 0 spiro atoms. The van der Waals surface area contributed by atoms with Crippen molar-refractivity contribution in [2.75, 3.05) is 0 Å². The summed E-state index contributed by atoms with van der Waals surface area (Å²) >= 11 is 1.83. The van der Waals surface area contributed by atoms with Gasteiger partial charge >= 0.3 is 0 Å². The minimum atomic E-state index is 0.632. The normalized spacial score (nSPS) is 12.9. The average Bonchev–Trinajstić information content (AvgIpc) is 3.88. The van der Waals surface area contributed by atoms with Crippen LogP contribution in [0.5, 0.6) is 0 Å². The number of hydrogen-bond acceptors (Lipinski definition) is 4. The molecular weight excluding hydrogens is 667 g/mol. The topological polar surface area (TPSA) is 48.5 Å². The predicted octanol–water partition coefficient (Wildman–Crippen LogP) is 10.9. The van der Waals surface area contributed by atoms with Crippen LogP contribution in [-0.4, -0.2) is 24.1 Å².